The largest absolute Gasteiger partial charge is 0.495 e. The van der Waals surface area contributed by atoms with Crippen molar-refractivity contribution >= 4 is 17.5 Å². The van der Waals surface area contributed by atoms with Gasteiger partial charge in [-0.15, -0.1) is 0 Å². The van der Waals surface area contributed by atoms with Crippen molar-refractivity contribution in [3.63, 3.8) is 0 Å². The third-order valence-electron chi connectivity index (χ3n) is 7.24. The van der Waals surface area contributed by atoms with Gasteiger partial charge in [-0.3, -0.25) is 0 Å². The summed E-state index contributed by atoms with van der Waals surface area (Å²) in [6, 6.07) is 8.96. The van der Waals surface area contributed by atoms with Crippen LogP contribution in [0.4, 0.5) is 5.69 Å². The van der Waals surface area contributed by atoms with Crippen LogP contribution in [0.15, 0.2) is 24.3 Å². The van der Waals surface area contributed by atoms with Gasteiger partial charge >= 0.3 is 0 Å². The normalized spacial score (nSPS) is 21.9. The van der Waals surface area contributed by atoms with E-state index >= 15 is 0 Å². The van der Waals surface area contributed by atoms with Gasteiger partial charge in [-0.2, -0.15) is 0 Å². The summed E-state index contributed by atoms with van der Waals surface area (Å²) in [5, 5.41) is 0. The lowest BCUT2D eigenvalue weighted by Crippen LogP contribution is -2.45. The van der Waals surface area contributed by atoms with Crippen molar-refractivity contribution in [1.82, 2.24) is 9.80 Å². The third kappa shape index (κ3) is 2.88. The highest BCUT2D eigenvalue weighted by atomic mass is 16.7. The molecule has 6 nitrogen and oxygen atoms in total. The van der Waals surface area contributed by atoms with E-state index in [1.165, 1.54) is 33.6 Å². The zero-order valence-electron chi connectivity index (χ0n) is 18.5. The molecule has 1 saturated heterocycles. The van der Waals surface area contributed by atoms with Crippen molar-refractivity contribution in [2.45, 2.75) is 19.4 Å². The summed E-state index contributed by atoms with van der Waals surface area (Å²) in [7, 11) is 3.99. The predicted molar refractivity (Wildman–Crippen MR) is 122 cm³/mol. The Hall–Kier alpha value is -2.86. The molecule has 4 heterocycles. The van der Waals surface area contributed by atoms with Crippen LogP contribution >= 0.6 is 0 Å². The molecule has 31 heavy (non-hydrogen) atoms. The molecule has 162 valence electrons. The van der Waals surface area contributed by atoms with Crippen LogP contribution in [0.1, 0.15) is 35.2 Å². The first kappa shape index (κ1) is 18.9. The second kappa shape index (κ2) is 7.09. The number of hydrogen-bond acceptors (Lipinski definition) is 6. The van der Waals surface area contributed by atoms with Gasteiger partial charge in [0.2, 0.25) is 6.79 Å². The molecule has 2 aromatic rings. The Morgan fingerprint density at radius 2 is 1.77 bits per heavy atom. The third-order valence-corrected chi connectivity index (χ3v) is 7.24. The smallest absolute Gasteiger partial charge is 0.231 e. The van der Waals surface area contributed by atoms with Crippen molar-refractivity contribution < 1.29 is 14.2 Å². The van der Waals surface area contributed by atoms with E-state index in [4.69, 9.17) is 14.2 Å². The predicted octanol–water partition coefficient (Wildman–Crippen LogP) is 3.61. The van der Waals surface area contributed by atoms with Gasteiger partial charge in [0.05, 0.1) is 18.8 Å². The molecule has 6 rings (SSSR count). The van der Waals surface area contributed by atoms with Crippen molar-refractivity contribution in [3.05, 3.63) is 46.5 Å². The molecule has 0 aliphatic carbocycles. The summed E-state index contributed by atoms with van der Waals surface area (Å²) in [5.74, 6) is 2.71. The number of hydrogen-bond donors (Lipinski definition) is 0. The minimum absolute atomic E-state index is 0.276. The number of anilines is 1. The topological polar surface area (TPSA) is 37.4 Å². The van der Waals surface area contributed by atoms with Crippen LogP contribution in [0, 0.1) is 0 Å². The van der Waals surface area contributed by atoms with Gasteiger partial charge in [-0.25, -0.2) is 0 Å². The Balaban J connectivity index is 1.49. The van der Waals surface area contributed by atoms with Crippen LogP contribution in [0.3, 0.4) is 0 Å². The highest BCUT2D eigenvalue weighted by Crippen LogP contribution is 2.49. The molecule has 0 saturated carbocycles. The minimum atomic E-state index is 0.276. The summed E-state index contributed by atoms with van der Waals surface area (Å²) in [4.78, 5) is 7.46. The summed E-state index contributed by atoms with van der Waals surface area (Å²) in [6.07, 6.45) is 3.37. The first-order chi connectivity index (χ1) is 15.1. The molecule has 4 aliphatic rings. The standard InChI is InChI=1S/C25H29N3O3/c1-16-24-18(4-5-21(29-3)25(24)27-10-8-26(2)9-11-27)12-20-19-14-23-22(30-15-31-23)13-17(19)6-7-28(16)20/h4-5,12-14,16H,6-11,15H2,1-3H3/t16-/m0/s1. The minimum Gasteiger partial charge on any atom is -0.495 e. The molecule has 1 fully saturated rings. The summed E-state index contributed by atoms with van der Waals surface area (Å²) in [5.41, 5.74) is 7.84. The van der Waals surface area contributed by atoms with Crippen LogP contribution in [0.5, 0.6) is 17.2 Å². The average molecular weight is 420 g/mol. The fourth-order valence-electron chi connectivity index (χ4n) is 5.50. The molecule has 0 aromatic heterocycles. The zero-order valence-corrected chi connectivity index (χ0v) is 18.5. The molecule has 2 aromatic carbocycles. The molecule has 0 radical (unpaired) electrons. The summed E-state index contributed by atoms with van der Waals surface area (Å²) < 4.78 is 17.2. The van der Waals surface area contributed by atoms with E-state index in [-0.39, 0.29) is 6.04 Å². The molecule has 0 spiro atoms. The van der Waals surface area contributed by atoms with Crippen molar-refractivity contribution in [2.24, 2.45) is 0 Å². The van der Waals surface area contributed by atoms with Gasteiger partial charge < -0.3 is 28.9 Å². The lowest BCUT2D eigenvalue weighted by Gasteiger charge is -2.44. The van der Waals surface area contributed by atoms with Gasteiger partial charge in [-0.05, 0) is 55.8 Å². The van der Waals surface area contributed by atoms with Crippen molar-refractivity contribution in [2.75, 3.05) is 58.6 Å². The van der Waals surface area contributed by atoms with Gasteiger partial charge in [0, 0.05) is 49.5 Å². The van der Waals surface area contributed by atoms with Gasteiger partial charge in [0.15, 0.2) is 11.5 Å². The number of benzene rings is 2. The SMILES string of the molecule is COc1ccc2c(c1N1CCN(C)CC1)[C@H](C)N1CCc3cc4c(cc3C1=C2)OCO4. The molecular weight excluding hydrogens is 390 g/mol. The number of fused-ring (bicyclic) bond motifs is 5. The van der Waals surface area contributed by atoms with E-state index < -0.39 is 0 Å². The zero-order chi connectivity index (χ0) is 21.1. The van der Waals surface area contributed by atoms with Crippen LogP contribution < -0.4 is 19.1 Å². The lowest BCUT2D eigenvalue weighted by molar-refractivity contribution is 0.174. The summed E-state index contributed by atoms with van der Waals surface area (Å²) >= 11 is 0. The van der Waals surface area contributed by atoms with Crippen molar-refractivity contribution in [3.8, 4) is 17.2 Å². The molecule has 0 amide bonds. The number of methoxy groups -OCH3 is 1. The van der Waals surface area contributed by atoms with Crippen LogP contribution in [0.25, 0.3) is 11.8 Å². The molecule has 6 heteroatoms. The van der Waals surface area contributed by atoms with E-state index in [0.29, 0.717) is 6.79 Å². The van der Waals surface area contributed by atoms with E-state index in [9.17, 15) is 0 Å². The maximum Gasteiger partial charge on any atom is 0.231 e. The Morgan fingerprint density at radius 1 is 1.00 bits per heavy atom. The second-order valence-electron chi connectivity index (χ2n) is 8.92. The Kier molecular flexibility index (Phi) is 4.32. The Bertz CT molecular complexity index is 1070. The van der Waals surface area contributed by atoms with E-state index in [1.54, 1.807) is 7.11 Å². The fraction of sp³-hybridized carbons (Fsp3) is 0.440. The van der Waals surface area contributed by atoms with E-state index in [0.717, 1.165) is 56.4 Å². The quantitative estimate of drug-likeness (QED) is 0.740. The van der Waals surface area contributed by atoms with E-state index in [1.807, 2.05) is 0 Å². The van der Waals surface area contributed by atoms with Crippen LogP contribution in [-0.4, -0.2) is 63.5 Å². The maximum atomic E-state index is 5.86. The number of ether oxygens (including phenoxy) is 3. The molecule has 0 bridgehead atoms. The Morgan fingerprint density at radius 3 is 2.55 bits per heavy atom. The number of rotatable bonds is 2. The first-order valence-electron chi connectivity index (χ1n) is 11.2. The average Bonchev–Trinajstić information content (AvgIpc) is 3.25. The molecule has 0 N–H and O–H groups in total. The van der Waals surface area contributed by atoms with Gasteiger partial charge in [0.1, 0.15) is 5.75 Å². The highest BCUT2D eigenvalue weighted by molar-refractivity contribution is 5.89. The molecule has 4 aliphatic heterocycles. The number of piperazine rings is 1. The summed E-state index contributed by atoms with van der Waals surface area (Å²) in [6.45, 7) is 7.85. The van der Waals surface area contributed by atoms with Gasteiger partial charge in [-0.1, -0.05) is 6.07 Å². The molecule has 0 unspecified atom stereocenters. The fourth-order valence-corrected chi connectivity index (χ4v) is 5.50. The molecule has 1 atom stereocenters. The maximum absolute atomic E-state index is 5.86. The lowest BCUT2D eigenvalue weighted by atomic mass is 9.86. The first-order valence-corrected chi connectivity index (χ1v) is 11.2. The molecular formula is C25H29N3O3. The van der Waals surface area contributed by atoms with Crippen LogP contribution in [0.2, 0.25) is 0 Å². The Labute approximate surface area is 183 Å². The van der Waals surface area contributed by atoms with Gasteiger partial charge in [0.25, 0.3) is 0 Å². The highest BCUT2D eigenvalue weighted by Gasteiger charge is 2.35. The number of likely N-dealkylation sites (N-methyl/N-ethyl adjacent to an activating group) is 1. The monoisotopic (exact) mass is 419 g/mol. The number of nitrogens with zero attached hydrogens (tertiary/aromatic N) is 3. The van der Waals surface area contributed by atoms with E-state index in [2.05, 4.69) is 59.0 Å². The van der Waals surface area contributed by atoms with Crippen LogP contribution in [-0.2, 0) is 6.42 Å². The van der Waals surface area contributed by atoms with Crippen molar-refractivity contribution in [1.29, 1.82) is 0 Å². The second-order valence-corrected chi connectivity index (χ2v) is 8.92.